The smallest absolute Gasteiger partial charge is 0.244 e. The van der Waals surface area contributed by atoms with Gasteiger partial charge < -0.3 is 5.32 Å². The Bertz CT molecular complexity index is 548. The Kier molecular flexibility index (Phi) is 5.23. The molecule has 4 nitrogen and oxygen atoms in total. The molecule has 1 fully saturated rings. The van der Waals surface area contributed by atoms with Crippen molar-refractivity contribution in [3.63, 3.8) is 0 Å². The Labute approximate surface area is 126 Å². The van der Waals surface area contributed by atoms with E-state index in [1.807, 2.05) is 27.0 Å². The van der Waals surface area contributed by atoms with Gasteiger partial charge >= 0.3 is 0 Å². The lowest BCUT2D eigenvalue weighted by atomic mass is 10.4. The van der Waals surface area contributed by atoms with Crippen LogP contribution in [0.1, 0.15) is 35.9 Å². The SMILES string of the molecule is CCCN(CC1CC1)S(=O)(=O)c1cc(CNC)sc1C. The molecule has 0 unspecified atom stereocenters. The minimum absolute atomic E-state index is 0.502. The zero-order chi connectivity index (χ0) is 14.8. The summed E-state index contributed by atoms with van der Waals surface area (Å²) in [7, 11) is -1.46. The number of hydrogen-bond acceptors (Lipinski definition) is 4. The van der Waals surface area contributed by atoms with Gasteiger partial charge in [0, 0.05) is 29.4 Å². The van der Waals surface area contributed by atoms with E-state index in [2.05, 4.69) is 5.32 Å². The largest absolute Gasteiger partial charge is 0.315 e. The fourth-order valence-electron chi connectivity index (χ4n) is 2.33. The van der Waals surface area contributed by atoms with Crippen molar-refractivity contribution in [1.82, 2.24) is 9.62 Å². The summed E-state index contributed by atoms with van der Waals surface area (Å²) in [6.07, 6.45) is 3.20. The maximum absolute atomic E-state index is 12.8. The van der Waals surface area contributed by atoms with Gasteiger partial charge in [0.25, 0.3) is 0 Å². The van der Waals surface area contributed by atoms with Crippen molar-refractivity contribution in [2.75, 3.05) is 20.1 Å². The van der Waals surface area contributed by atoms with E-state index in [4.69, 9.17) is 0 Å². The predicted octanol–water partition coefficient (Wildman–Crippen LogP) is 2.59. The monoisotopic (exact) mass is 316 g/mol. The van der Waals surface area contributed by atoms with Crippen molar-refractivity contribution >= 4 is 21.4 Å². The molecule has 6 heteroatoms. The van der Waals surface area contributed by atoms with Gasteiger partial charge in [-0.3, -0.25) is 0 Å². The van der Waals surface area contributed by atoms with Crippen molar-refractivity contribution in [2.24, 2.45) is 5.92 Å². The summed E-state index contributed by atoms with van der Waals surface area (Å²) in [4.78, 5) is 2.47. The lowest BCUT2D eigenvalue weighted by Gasteiger charge is -2.21. The summed E-state index contributed by atoms with van der Waals surface area (Å²) < 4.78 is 27.4. The third kappa shape index (κ3) is 3.61. The summed E-state index contributed by atoms with van der Waals surface area (Å²) in [5.41, 5.74) is 0. The number of sulfonamides is 1. The molecule has 1 aromatic rings. The Hall–Kier alpha value is -0.430. The Morgan fingerprint density at radius 1 is 1.45 bits per heavy atom. The van der Waals surface area contributed by atoms with Crippen molar-refractivity contribution < 1.29 is 8.42 Å². The molecule has 1 saturated carbocycles. The van der Waals surface area contributed by atoms with Crippen LogP contribution in [0.15, 0.2) is 11.0 Å². The van der Waals surface area contributed by atoms with E-state index >= 15 is 0 Å². The van der Waals surface area contributed by atoms with Crippen molar-refractivity contribution in [1.29, 1.82) is 0 Å². The van der Waals surface area contributed by atoms with Crippen LogP contribution in [-0.2, 0) is 16.6 Å². The molecule has 0 aliphatic heterocycles. The van der Waals surface area contributed by atoms with Crippen LogP contribution in [0.4, 0.5) is 0 Å². The quantitative estimate of drug-likeness (QED) is 0.802. The number of rotatable bonds is 8. The van der Waals surface area contributed by atoms with Crippen LogP contribution in [0, 0.1) is 12.8 Å². The normalized spacial score (nSPS) is 16.0. The van der Waals surface area contributed by atoms with Gasteiger partial charge in [-0.2, -0.15) is 4.31 Å². The average molecular weight is 316 g/mol. The second-order valence-corrected chi connectivity index (χ2v) is 8.72. The standard InChI is InChI=1S/C14H24N2O2S2/c1-4-7-16(10-12-5-6-12)20(17,18)14-8-13(9-15-3)19-11(14)2/h8,12,15H,4-7,9-10H2,1-3H3. The van der Waals surface area contributed by atoms with Gasteiger partial charge in [0.1, 0.15) is 0 Å². The van der Waals surface area contributed by atoms with Crippen molar-refractivity contribution in [3.05, 3.63) is 15.8 Å². The molecule has 1 aliphatic rings. The number of hydrogen-bond donors (Lipinski definition) is 1. The van der Waals surface area contributed by atoms with Crippen LogP contribution in [0.2, 0.25) is 0 Å². The summed E-state index contributed by atoms with van der Waals surface area (Å²) in [6, 6.07) is 1.83. The second kappa shape index (κ2) is 6.56. The molecule has 0 amide bonds. The molecule has 0 saturated heterocycles. The first-order valence-corrected chi connectivity index (χ1v) is 9.48. The highest BCUT2D eigenvalue weighted by Gasteiger charge is 2.32. The fraction of sp³-hybridized carbons (Fsp3) is 0.714. The van der Waals surface area contributed by atoms with Crippen LogP contribution in [0.3, 0.4) is 0 Å². The van der Waals surface area contributed by atoms with Gasteiger partial charge in [0.2, 0.25) is 10.0 Å². The van der Waals surface area contributed by atoms with Gasteiger partial charge in [-0.25, -0.2) is 8.42 Å². The molecule has 1 heterocycles. The molecule has 0 atom stereocenters. The van der Waals surface area contributed by atoms with Gasteiger partial charge in [-0.1, -0.05) is 6.92 Å². The van der Waals surface area contributed by atoms with E-state index < -0.39 is 10.0 Å². The third-order valence-corrected chi connectivity index (χ3v) is 6.69. The summed E-state index contributed by atoms with van der Waals surface area (Å²) >= 11 is 1.57. The predicted molar refractivity (Wildman–Crippen MR) is 83.6 cm³/mol. The fourth-order valence-corrected chi connectivity index (χ4v) is 5.55. The Morgan fingerprint density at radius 3 is 2.70 bits per heavy atom. The van der Waals surface area contributed by atoms with Gasteiger partial charge in [0.15, 0.2) is 0 Å². The van der Waals surface area contributed by atoms with E-state index in [9.17, 15) is 8.42 Å². The minimum atomic E-state index is -3.33. The molecule has 1 N–H and O–H groups in total. The molecule has 0 spiro atoms. The molecular formula is C14H24N2O2S2. The number of thiophene rings is 1. The van der Waals surface area contributed by atoms with Crippen LogP contribution in [0.25, 0.3) is 0 Å². The van der Waals surface area contributed by atoms with Crippen LogP contribution < -0.4 is 5.32 Å². The molecular weight excluding hydrogens is 292 g/mol. The lowest BCUT2D eigenvalue weighted by molar-refractivity contribution is 0.395. The van der Waals surface area contributed by atoms with Gasteiger partial charge in [-0.15, -0.1) is 11.3 Å². The molecule has 1 aliphatic carbocycles. The average Bonchev–Trinajstić information content (AvgIpc) is 3.12. The maximum Gasteiger partial charge on any atom is 0.244 e. The van der Waals surface area contributed by atoms with E-state index in [0.29, 0.717) is 23.9 Å². The summed E-state index contributed by atoms with van der Waals surface area (Å²) in [6.45, 7) is 5.96. The van der Waals surface area contributed by atoms with Gasteiger partial charge in [0.05, 0.1) is 4.90 Å². The van der Waals surface area contributed by atoms with Crippen LogP contribution in [0.5, 0.6) is 0 Å². The number of aryl methyl sites for hydroxylation is 1. The van der Waals surface area contributed by atoms with Crippen molar-refractivity contribution in [3.8, 4) is 0 Å². The first-order valence-electron chi connectivity index (χ1n) is 7.23. The summed E-state index contributed by atoms with van der Waals surface area (Å²) in [5.74, 6) is 0.576. The zero-order valence-electron chi connectivity index (χ0n) is 12.5. The van der Waals surface area contributed by atoms with E-state index in [1.165, 1.54) is 12.8 Å². The van der Waals surface area contributed by atoms with E-state index in [1.54, 1.807) is 15.6 Å². The van der Waals surface area contributed by atoms with Crippen molar-refractivity contribution in [2.45, 2.75) is 44.6 Å². The molecule has 2 rings (SSSR count). The number of nitrogens with zero attached hydrogens (tertiary/aromatic N) is 1. The highest BCUT2D eigenvalue weighted by atomic mass is 32.2. The summed E-state index contributed by atoms with van der Waals surface area (Å²) in [5, 5.41) is 3.07. The first-order chi connectivity index (χ1) is 9.48. The maximum atomic E-state index is 12.8. The Balaban J connectivity index is 2.25. The minimum Gasteiger partial charge on any atom is -0.315 e. The topological polar surface area (TPSA) is 49.4 Å². The molecule has 20 heavy (non-hydrogen) atoms. The molecule has 0 radical (unpaired) electrons. The molecule has 114 valence electrons. The second-order valence-electron chi connectivity index (χ2n) is 5.47. The molecule has 0 aromatic carbocycles. The zero-order valence-corrected chi connectivity index (χ0v) is 14.1. The van der Waals surface area contributed by atoms with E-state index in [-0.39, 0.29) is 0 Å². The van der Waals surface area contributed by atoms with Crippen LogP contribution >= 0.6 is 11.3 Å². The highest BCUT2D eigenvalue weighted by Crippen LogP contribution is 2.33. The van der Waals surface area contributed by atoms with E-state index in [0.717, 1.165) is 22.7 Å². The van der Waals surface area contributed by atoms with Crippen LogP contribution in [-0.4, -0.2) is 32.9 Å². The van der Waals surface area contributed by atoms with Gasteiger partial charge in [-0.05, 0) is 45.2 Å². The molecule has 1 aromatic heterocycles. The Morgan fingerprint density at radius 2 is 2.15 bits per heavy atom. The molecule has 0 bridgehead atoms. The first kappa shape index (κ1) is 15.9. The number of nitrogens with one attached hydrogen (secondary N) is 1. The third-order valence-electron chi connectivity index (χ3n) is 3.52. The highest BCUT2D eigenvalue weighted by molar-refractivity contribution is 7.89. The lowest BCUT2D eigenvalue weighted by Crippen LogP contribution is -2.33.